The van der Waals surface area contributed by atoms with Gasteiger partial charge in [-0.15, -0.1) is 0 Å². The van der Waals surface area contributed by atoms with Gasteiger partial charge in [0.15, 0.2) is 6.61 Å². The molecule has 2 aromatic carbocycles. The van der Waals surface area contributed by atoms with E-state index in [2.05, 4.69) is 28.2 Å². The van der Waals surface area contributed by atoms with Crippen molar-refractivity contribution < 1.29 is 14.3 Å². The number of halogens is 3. The maximum Gasteiger partial charge on any atom is 0.261 e. The fourth-order valence-electron chi connectivity index (χ4n) is 3.91. The Balaban J connectivity index is 1.74. The van der Waals surface area contributed by atoms with Gasteiger partial charge in [-0.05, 0) is 77.5 Å². The van der Waals surface area contributed by atoms with E-state index in [9.17, 15) is 9.59 Å². The molecule has 0 spiro atoms. The summed E-state index contributed by atoms with van der Waals surface area (Å²) < 4.78 is 6.60. The van der Waals surface area contributed by atoms with Crippen molar-refractivity contribution in [2.45, 2.75) is 64.6 Å². The quantitative estimate of drug-likeness (QED) is 0.402. The predicted molar refractivity (Wildman–Crippen MR) is 136 cm³/mol. The molecule has 8 heteroatoms. The van der Waals surface area contributed by atoms with Gasteiger partial charge >= 0.3 is 0 Å². The lowest BCUT2D eigenvalue weighted by atomic mass is 10.1. The van der Waals surface area contributed by atoms with Crippen LogP contribution >= 0.6 is 39.1 Å². The normalized spacial score (nSPS) is 14.7. The number of nitrogens with zero attached hydrogens (tertiary/aromatic N) is 1. The van der Waals surface area contributed by atoms with Crippen LogP contribution in [0.3, 0.4) is 0 Å². The van der Waals surface area contributed by atoms with Gasteiger partial charge in [0.05, 0.1) is 14.5 Å². The molecule has 1 fully saturated rings. The number of hydrogen-bond donors (Lipinski definition) is 1. The lowest BCUT2D eigenvalue weighted by molar-refractivity contribution is -0.142. The molecule has 0 saturated heterocycles. The van der Waals surface area contributed by atoms with Crippen molar-refractivity contribution in [2.75, 3.05) is 6.61 Å². The first-order chi connectivity index (χ1) is 15.8. The van der Waals surface area contributed by atoms with Gasteiger partial charge < -0.3 is 15.0 Å². The highest BCUT2D eigenvalue weighted by molar-refractivity contribution is 9.10. The average Bonchev–Trinajstić information content (AvgIpc) is 3.31. The zero-order chi connectivity index (χ0) is 24.0. The Hall–Kier alpha value is -1.76. The highest BCUT2D eigenvalue weighted by Crippen LogP contribution is 2.27. The number of benzene rings is 2. The number of carbonyl (C=O) groups is 2. The van der Waals surface area contributed by atoms with Crippen molar-refractivity contribution in [1.29, 1.82) is 0 Å². The fourth-order valence-corrected chi connectivity index (χ4v) is 4.77. The highest BCUT2D eigenvalue weighted by atomic mass is 79.9. The van der Waals surface area contributed by atoms with Gasteiger partial charge in [0.25, 0.3) is 5.91 Å². The molecule has 0 aromatic heterocycles. The predicted octanol–water partition coefficient (Wildman–Crippen LogP) is 6.17. The van der Waals surface area contributed by atoms with Crippen molar-refractivity contribution in [2.24, 2.45) is 0 Å². The Morgan fingerprint density at radius 2 is 1.82 bits per heavy atom. The van der Waals surface area contributed by atoms with Gasteiger partial charge in [-0.1, -0.05) is 55.1 Å². The number of carbonyl (C=O) groups excluding carboxylic acids is 2. The molecule has 178 valence electrons. The molecular formula is C25H29BrCl2N2O3. The van der Waals surface area contributed by atoms with Crippen molar-refractivity contribution in [3.63, 3.8) is 0 Å². The van der Waals surface area contributed by atoms with Crippen molar-refractivity contribution in [1.82, 2.24) is 10.2 Å². The smallest absolute Gasteiger partial charge is 0.261 e. The fraction of sp³-hybridized carbons (Fsp3) is 0.440. The van der Waals surface area contributed by atoms with Gasteiger partial charge in [-0.3, -0.25) is 9.59 Å². The van der Waals surface area contributed by atoms with E-state index in [-0.39, 0.29) is 31.0 Å². The van der Waals surface area contributed by atoms with Crippen LogP contribution in [0.1, 0.15) is 50.7 Å². The first-order valence-electron chi connectivity index (χ1n) is 11.2. The average molecular weight is 556 g/mol. The van der Waals surface area contributed by atoms with Gasteiger partial charge in [-0.2, -0.15) is 0 Å². The van der Waals surface area contributed by atoms with Crippen LogP contribution in [0.25, 0.3) is 0 Å². The third-order valence-electron chi connectivity index (χ3n) is 5.96. The maximum absolute atomic E-state index is 13.2. The van der Waals surface area contributed by atoms with Crippen LogP contribution in [0.15, 0.2) is 40.9 Å². The second-order valence-electron chi connectivity index (χ2n) is 8.34. The molecule has 5 nitrogen and oxygen atoms in total. The molecule has 1 saturated carbocycles. The first-order valence-corrected chi connectivity index (χ1v) is 12.8. The van der Waals surface area contributed by atoms with Crippen molar-refractivity contribution >= 4 is 50.9 Å². The van der Waals surface area contributed by atoms with E-state index >= 15 is 0 Å². The molecular weight excluding hydrogens is 527 g/mol. The minimum atomic E-state index is -0.665. The first kappa shape index (κ1) is 25.9. The molecule has 0 bridgehead atoms. The van der Waals surface area contributed by atoms with Gasteiger partial charge in [0.1, 0.15) is 11.8 Å². The van der Waals surface area contributed by atoms with E-state index < -0.39 is 6.04 Å². The summed E-state index contributed by atoms with van der Waals surface area (Å²) in [7, 11) is 0. The highest BCUT2D eigenvalue weighted by Gasteiger charge is 2.29. The number of rotatable bonds is 9. The Morgan fingerprint density at radius 3 is 2.45 bits per heavy atom. The summed E-state index contributed by atoms with van der Waals surface area (Å²) in [5, 5.41) is 3.93. The number of amides is 2. The third kappa shape index (κ3) is 7.11. The Bertz CT molecular complexity index is 996. The van der Waals surface area contributed by atoms with Crippen LogP contribution in [0, 0.1) is 0 Å². The Labute approximate surface area is 213 Å². The molecule has 2 aromatic rings. The maximum atomic E-state index is 13.2. The van der Waals surface area contributed by atoms with Crippen LogP contribution < -0.4 is 10.1 Å². The topological polar surface area (TPSA) is 58.6 Å². The van der Waals surface area contributed by atoms with Gasteiger partial charge in [0, 0.05) is 12.6 Å². The zero-order valence-electron chi connectivity index (χ0n) is 18.9. The monoisotopic (exact) mass is 554 g/mol. The standard InChI is InChI=1S/C25H29BrCl2N2O3/c1-3-17-9-11-23(20(26)12-17)33-15-24(31)30(14-18-8-10-21(27)22(28)13-18)16(2)25(32)29-19-6-4-5-7-19/h8-13,16,19H,3-7,14-15H2,1-2H3,(H,29,32). The summed E-state index contributed by atoms with van der Waals surface area (Å²) in [5.74, 6) is 0.128. The Kier molecular flexibility index (Phi) is 9.47. The zero-order valence-corrected chi connectivity index (χ0v) is 22.0. The van der Waals surface area contributed by atoms with E-state index in [1.807, 2.05) is 18.2 Å². The molecule has 1 N–H and O–H groups in total. The summed E-state index contributed by atoms with van der Waals surface area (Å²) in [6.45, 7) is 3.84. The molecule has 0 heterocycles. The van der Waals surface area contributed by atoms with E-state index in [4.69, 9.17) is 27.9 Å². The lowest BCUT2D eigenvalue weighted by Gasteiger charge is -2.30. The summed E-state index contributed by atoms with van der Waals surface area (Å²) >= 11 is 15.7. The molecule has 1 atom stereocenters. The SMILES string of the molecule is CCc1ccc(OCC(=O)N(Cc2ccc(Cl)c(Cl)c2)C(C)C(=O)NC2CCCC2)c(Br)c1. The lowest BCUT2D eigenvalue weighted by Crippen LogP contribution is -2.50. The number of ether oxygens (including phenoxy) is 1. The van der Waals surface area contributed by atoms with E-state index in [1.54, 1.807) is 25.1 Å². The molecule has 33 heavy (non-hydrogen) atoms. The summed E-state index contributed by atoms with van der Waals surface area (Å²) in [6, 6.07) is 10.5. The largest absolute Gasteiger partial charge is 0.483 e. The minimum absolute atomic E-state index is 0.163. The molecule has 1 unspecified atom stereocenters. The summed E-state index contributed by atoms with van der Waals surface area (Å²) in [4.78, 5) is 27.7. The van der Waals surface area contributed by atoms with E-state index in [1.165, 1.54) is 10.5 Å². The van der Waals surface area contributed by atoms with Crippen LogP contribution in [0.5, 0.6) is 5.75 Å². The third-order valence-corrected chi connectivity index (χ3v) is 7.32. The van der Waals surface area contributed by atoms with Crippen LogP contribution in [0.2, 0.25) is 10.0 Å². The van der Waals surface area contributed by atoms with Crippen molar-refractivity contribution in [3.05, 3.63) is 62.0 Å². The summed E-state index contributed by atoms with van der Waals surface area (Å²) in [6.07, 6.45) is 5.09. The second-order valence-corrected chi connectivity index (χ2v) is 10.0. The van der Waals surface area contributed by atoms with E-state index in [0.717, 1.165) is 42.1 Å². The van der Waals surface area contributed by atoms with Gasteiger partial charge in [-0.25, -0.2) is 0 Å². The minimum Gasteiger partial charge on any atom is -0.483 e. The number of hydrogen-bond acceptors (Lipinski definition) is 3. The molecule has 3 rings (SSSR count). The van der Waals surface area contributed by atoms with Crippen LogP contribution in [0.4, 0.5) is 0 Å². The Morgan fingerprint density at radius 1 is 1.12 bits per heavy atom. The van der Waals surface area contributed by atoms with Crippen molar-refractivity contribution in [3.8, 4) is 5.75 Å². The molecule has 0 radical (unpaired) electrons. The number of aryl methyl sites for hydroxylation is 1. The molecule has 1 aliphatic rings. The molecule has 1 aliphatic carbocycles. The summed E-state index contributed by atoms with van der Waals surface area (Å²) in [5.41, 5.74) is 1.95. The van der Waals surface area contributed by atoms with Crippen LogP contribution in [-0.4, -0.2) is 35.4 Å². The molecule has 0 aliphatic heterocycles. The number of nitrogens with one attached hydrogen (secondary N) is 1. The van der Waals surface area contributed by atoms with Crippen LogP contribution in [-0.2, 0) is 22.6 Å². The second kappa shape index (κ2) is 12.1. The molecule has 2 amide bonds. The van der Waals surface area contributed by atoms with Gasteiger partial charge in [0.2, 0.25) is 5.91 Å². The van der Waals surface area contributed by atoms with E-state index in [0.29, 0.717) is 15.8 Å².